The number of benzene rings is 1. The van der Waals surface area contributed by atoms with E-state index in [1.807, 2.05) is 0 Å². The summed E-state index contributed by atoms with van der Waals surface area (Å²) in [7, 11) is 0. The Morgan fingerprint density at radius 2 is 1.96 bits per heavy atom. The van der Waals surface area contributed by atoms with Gasteiger partial charge in [0.05, 0.1) is 0 Å². The van der Waals surface area contributed by atoms with Crippen molar-refractivity contribution < 1.29 is 19.1 Å². The SMILES string of the molecule is CC[C@@H]1CCCCN1C(=O)COC(=O)CNC(=O)c1ccccc1. The second-order valence-electron chi connectivity index (χ2n) is 5.85. The molecule has 1 atom stereocenters. The van der Waals surface area contributed by atoms with Gasteiger partial charge in [-0.1, -0.05) is 25.1 Å². The molecule has 2 amide bonds. The quantitative estimate of drug-likeness (QED) is 0.805. The van der Waals surface area contributed by atoms with Crippen molar-refractivity contribution in [2.75, 3.05) is 19.7 Å². The van der Waals surface area contributed by atoms with Crippen LogP contribution in [0, 0.1) is 0 Å². The van der Waals surface area contributed by atoms with Gasteiger partial charge in [0.15, 0.2) is 6.61 Å². The number of nitrogens with zero attached hydrogens (tertiary/aromatic N) is 1. The van der Waals surface area contributed by atoms with Gasteiger partial charge in [0.1, 0.15) is 6.54 Å². The maximum Gasteiger partial charge on any atom is 0.325 e. The minimum Gasteiger partial charge on any atom is -0.454 e. The summed E-state index contributed by atoms with van der Waals surface area (Å²) >= 11 is 0. The van der Waals surface area contributed by atoms with Crippen LogP contribution in [0.25, 0.3) is 0 Å². The molecular weight excluding hydrogens is 308 g/mol. The van der Waals surface area contributed by atoms with E-state index in [0.29, 0.717) is 5.56 Å². The van der Waals surface area contributed by atoms with Gasteiger partial charge >= 0.3 is 5.97 Å². The number of rotatable bonds is 6. The van der Waals surface area contributed by atoms with Gasteiger partial charge in [-0.2, -0.15) is 0 Å². The summed E-state index contributed by atoms with van der Waals surface area (Å²) in [6, 6.07) is 8.85. The predicted molar refractivity (Wildman–Crippen MR) is 89.4 cm³/mol. The Labute approximate surface area is 142 Å². The molecule has 0 unspecified atom stereocenters. The summed E-state index contributed by atoms with van der Waals surface area (Å²) in [6.07, 6.45) is 4.03. The molecule has 1 fully saturated rings. The summed E-state index contributed by atoms with van der Waals surface area (Å²) in [5.41, 5.74) is 0.473. The number of piperidine rings is 1. The zero-order valence-electron chi connectivity index (χ0n) is 14.0. The van der Waals surface area contributed by atoms with Crippen LogP contribution in [-0.4, -0.2) is 48.4 Å². The van der Waals surface area contributed by atoms with E-state index >= 15 is 0 Å². The Bertz CT molecular complexity index is 574. The Balaban J connectivity index is 1.72. The largest absolute Gasteiger partial charge is 0.454 e. The first-order valence-electron chi connectivity index (χ1n) is 8.40. The van der Waals surface area contributed by atoms with Crippen molar-refractivity contribution in [2.24, 2.45) is 0 Å². The fourth-order valence-corrected chi connectivity index (χ4v) is 2.87. The second-order valence-corrected chi connectivity index (χ2v) is 5.85. The van der Waals surface area contributed by atoms with Crippen molar-refractivity contribution in [2.45, 2.75) is 38.6 Å². The highest BCUT2D eigenvalue weighted by Gasteiger charge is 2.25. The molecule has 1 aromatic rings. The smallest absolute Gasteiger partial charge is 0.325 e. The summed E-state index contributed by atoms with van der Waals surface area (Å²) < 4.78 is 4.99. The van der Waals surface area contributed by atoms with E-state index in [1.54, 1.807) is 35.2 Å². The van der Waals surface area contributed by atoms with Crippen molar-refractivity contribution in [1.29, 1.82) is 0 Å². The lowest BCUT2D eigenvalue weighted by Crippen LogP contribution is -2.45. The molecule has 1 aromatic carbocycles. The Kier molecular flexibility index (Phi) is 6.78. The van der Waals surface area contributed by atoms with Crippen LogP contribution in [0.15, 0.2) is 30.3 Å². The maximum atomic E-state index is 12.2. The summed E-state index contributed by atoms with van der Waals surface area (Å²) in [6.45, 7) is 2.26. The van der Waals surface area contributed by atoms with Crippen LogP contribution in [0.4, 0.5) is 0 Å². The molecule has 2 rings (SSSR count). The third-order valence-electron chi connectivity index (χ3n) is 4.20. The van der Waals surface area contributed by atoms with E-state index in [0.717, 1.165) is 32.2 Å². The molecule has 0 spiro atoms. The number of carbonyl (C=O) groups is 3. The highest BCUT2D eigenvalue weighted by atomic mass is 16.5. The van der Waals surface area contributed by atoms with Crippen molar-refractivity contribution in [3.8, 4) is 0 Å². The molecule has 130 valence electrons. The van der Waals surface area contributed by atoms with Crippen molar-refractivity contribution in [1.82, 2.24) is 10.2 Å². The van der Waals surface area contributed by atoms with E-state index in [4.69, 9.17) is 4.74 Å². The number of esters is 1. The predicted octanol–water partition coefficient (Wildman–Crippen LogP) is 1.75. The highest BCUT2D eigenvalue weighted by Crippen LogP contribution is 2.19. The molecule has 0 saturated carbocycles. The standard InChI is InChI=1S/C18H24N2O4/c1-2-15-10-6-7-11-20(15)16(21)13-24-17(22)12-19-18(23)14-8-4-3-5-9-14/h3-5,8-9,15H,2,6-7,10-13H2,1H3,(H,19,23)/t15-/m1/s1. The van der Waals surface area contributed by atoms with Gasteiger partial charge in [0.2, 0.25) is 0 Å². The number of likely N-dealkylation sites (tertiary alicyclic amines) is 1. The van der Waals surface area contributed by atoms with Gasteiger partial charge in [-0.15, -0.1) is 0 Å². The van der Waals surface area contributed by atoms with E-state index in [1.165, 1.54) is 0 Å². The average Bonchev–Trinajstić information content (AvgIpc) is 2.64. The van der Waals surface area contributed by atoms with Gasteiger partial charge < -0.3 is 15.0 Å². The molecule has 1 aliphatic heterocycles. The molecule has 0 aromatic heterocycles. The van der Waals surface area contributed by atoms with E-state index in [-0.39, 0.29) is 31.0 Å². The zero-order chi connectivity index (χ0) is 17.4. The highest BCUT2D eigenvalue weighted by molar-refractivity contribution is 5.96. The normalized spacial score (nSPS) is 17.2. The Morgan fingerprint density at radius 1 is 1.21 bits per heavy atom. The first-order valence-corrected chi connectivity index (χ1v) is 8.40. The van der Waals surface area contributed by atoms with Gasteiger partial charge in [0.25, 0.3) is 11.8 Å². The van der Waals surface area contributed by atoms with Crippen molar-refractivity contribution in [3.63, 3.8) is 0 Å². The second kappa shape index (κ2) is 9.05. The summed E-state index contributed by atoms with van der Waals surface area (Å²) in [5, 5.41) is 2.48. The molecule has 1 aliphatic rings. The van der Waals surface area contributed by atoms with E-state index in [2.05, 4.69) is 12.2 Å². The van der Waals surface area contributed by atoms with Crippen LogP contribution in [-0.2, 0) is 14.3 Å². The van der Waals surface area contributed by atoms with Gasteiger partial charge in [-0.25, -0.2) is 0 Å². The number of hydrogen-bond donors (Lipinski definition) is 1. The van der Waals surface area contributed by atoms with Gasteiger partial charge in [-0.3, -0.25) is 14.4 Å². The molecule has 0 aliphatic carbocycles. The topological polar surface area (TPSA) is 75.7 Å². The Hall–Kier alpha value is -2.37. The Morgan fingerprint density at radius 3 is 2.67 bits per heavy atom. The fourth-order valence-electron chi connectivity index (χ4n) is 2.87. The third kappa shape index (κ3) is 5.08. The lowest BCUT2D eigenvalue weighted by molar-refractivity contribution is -0.152. The molecule has 1 heterocycles. The first kappa shape index (κ1) is 18.0. The van der Waals surface area contributed by atoms with Crippen LogP contribution in [0.1, 0.15) is 43.0 Å². The monoisotopic (exact) mass is 332 g/mol. The minimum absolute atomic E-state index is 0.163. The van der Waals surface area contributed by atoms with Crippen LogP contribution >= 0.6 is 0 Å². The molecular formula is C18H24N2O4. The molecule has 1 saturated heterocycles. The van der Waals surface area contributed by atoms with Crippen molar-refractivity contribution in [3.05, 3.63) is 35.9 Å². The average molecular weight is 332 g/mol. The van der Waals surface area contributed by atoms with E-state index < -0.39 is 5.97 Å². The molecule has 24 heavy (non-hydrogen) atoms. The molecule has 6 heteroatoms. The number of hydrogen-bond acceptors (Lipinski definition) is 4. The maximum absolute atomic E-state index is 12.2. The summed E-state index contributed by atoms with van der Waals surface area (Å²) in [4.78, 5) is 37.5. The van der Waals surface area contributed by atoms with Gasteiger partial charge in [0, 0.05) is 18.2 Å². The summed E-state index contributed by atoms with van der Waals surface area (Å²) in [5.74, 6) is -1.12. The lowest BCUT2D eigenvalue weighted by atomic mass is 10.00. The number of carbonyl (C=O) groups excluding carboxylic acids is 3. The molecule has 0 radical (unpaired) electrons. The van der Waals surface area contributed by atoms with Gasteiger partial charge in [-0.05, 0) is 37.8 Å². The molecule has 0 bridgehead atoms. The van der Waals surface area contributed by atoms with E-state index in [9.17, 15) is 14.4 Å². The van der Waals surface area contributed by atoms with Crippen LogP contribution < -0.4 is 5.32 Å². The minimum atomic E-state index is -0.613. The van der Waals surface area contributed by atoms with Crippen LogP contribution in [0.5, 0.6) is 0 Å². The van der Waals surface area contributed by atoms with Crippen LogP contribution in [0.3, 0.4) is 0 Å². The van der Waals surface area contributed by atoms with Crippen molar-refractivity contribution >= 4 is 17.8 Å². The first-order chi connectivity index (χ1) is 11.6. The lowest BCUT2D eigenvalue weighted by Gasteiger charge is -2.35. The fraction of sp³-hybridized carbons (Fsp3) is 0.500. The third-order valence-corrected chi connectivity index (χ3v) is 4.20. The number of nitrogens with one attached hydrogen (secondary N) is 1. The molecule has 1 N–H and O–H groups in total. The van der Waals surface area contributed by atoms with Crippen LogP contribution in [0.2, 0.25) is 0 Å². The number of ether oxygens (including phenoxy) is 1. The number of amides is 2. The zero-order valence-corrected chi connectivity index (χ0v) is 14.0. The molecule has 6 nitrogen and oxygen atoms in total.